The van der Waals surface area contributed by atoms with Crippen LogP contribution in [-0.2, 0) is 5.33 Å². The molecule has 0 amide bonds. The highest BCUT2D eigenvalue weighted by Gasteiger charge is 2.14. The molecular weight excluding hydrogens is 239 g/mol. The van der Waals surface area contributed by atoms with E-state index in [1.54, 1.807) is 13.0 Å². The molecule has 0 spiro atoms. The van der Waals surface area contributed by atoms with Crippen LogP contribution in [0.15, 0.2) is 12.1 Å². The van der Waals surface area contributed by atoms with Crippen molar-refractivity contribution in [2.45, 2.75) is 12.3 Å². The molecule has 0 saturated heterocycles. The van der Waals surface area contributed by atoms with E-state index in [9.17, 15) is 9.18 Å². The van der Waals surface area contributed by atoms with Gasteiger partial charge in [0.05, 0.1) is 5.56 Å². The summed E-state index contributed by atoms with van der Waals surface area (Å²) in [5.41, 5.74) is 0.874. The van der Waals surface area contributed by atoms with E-state index in [4.69, 9.17) is 5.11 Å². The molecule has 1 rings (SSSR count). The molecule has 0 heterocycles. The molecule has 0 atom stereocenters. The maximum absolute atomic E-state index is 13.4. The number of hydrogen-bond donors (Lipinski definition) is 1. The third kappa shape index (κ3) is 1.88. The second-order valence-electron chi connectivity index (χ2n) is 2.66. The maximum atomic E-state index is 13.4. The van der Waals surface area contributed by atoms with E-state index in [0.29, 0.717) is 10.9 Å². The Morgan fingerprint density at radius 2 is 2.23 bits per heavy atom. The number of benzene rings is 1. The van der Waals surface area contributed by atoms with Crippen molar-refractivity contribution in [1.29, 1.82) is 0 Å². The summed E-state index contributed by atoms with van der Waals surface area (Å²) in [6, 6.07) is 2.88. The third-order valence-corrected chi connectivity index (χ3v) is 2.40. The van der Waals surface area contributed by atoms with E-state index in [-0.39, 0.29) is 5.56 Å². The Balaban J connectivity index is 3.35. The van der Waals surface area contributed by atoms with E-state index in [1.165, 1.54) is 6.07 Å². The second-order valence-corrected chi connectivity index (χ2v) is 3.22. The average molecular weight is 247 g/mol. The van der Waals surface area contributed by atoms with Crippen molar-refractivity contribution in [2.24, 2.45) is 0 Å². The highest BCUT2D eigenvalue weighted by molar-refractivity contribution is 9.08. The Labute approximate surface area is 83.5 Å². The standard InChI is InChI=1S/C9H8BrFO2/c1-5-2-3-6(9(12)13)8(11)7(5)4-10/h2-3H,4H2,1H3,(H,12,13). The van der Waals surface area contributed by atoms with Gasteiger partial charge in [-0.05, 0) is 18.6 Å². The summed E-state index contributed by atoms with van der Waals surface area (Å²) in [4.78, 5) is 10.5. The zero-order chi connectivity index (χ0) is 10.0. The molecule has 1 aromatic carbocycles. The SMILES string of the molecule is Cc1ccc(C(=O)O)c(F)c1CBr. The molecule has 0 fully saturated rings. The van der Waals surface area contributed by atoms with E-state index < -0.39 is 11.8 Å². The van der Waals surface area contributed by atoms with Crippen molar-refractivity contribution < 1.29 is 14.3 Å². The summed E-state index contributed by atoms with van der Waals surface area (Å²) in [6.45, 7) is 1.74. The first-order valence-corrected chi connectivity index (χ1v) is 4.77. The number of aromatic carboxylic acids is 1. The Kier molecular flexibility index (Phi) is 3.03. The van der Waals surface area contributed by atoms with Gasteiger partial charge in [0.1, 0.15) is 5.82 Å². The van der Waals surface area contributed by atoms with Crippen molar-refractivity contribution in [2.75, 3.05) is 0 Å². The summed E-state index contributed by atoms with van der Waals surface area (Å²) >= 11 is 3.11. The Morgan fingerprint density at radius 3 is 2.69 bits per heavy atom. The maximum Gasteiger partial charge on any atom is 0.338 e. The van der Waals surface area contributed by atoms with Gasteiger partial charge >= 0.3 is 5.97 Å². The van der Waals surface area contributed by atoms with Crippen LogP contribution in [0.3, 0.4) is 0 Å². The van der Waals surface area contributed by atoms with Gasteiger partial charge < -0.3 is 5.11 Å². The second kappa shape index (κ2) is 3.87. The summed E-state index contributed by atoms with van der Waals surface area (Å²) < 4.78 is 13.4. The molecule has 13 heavy (non-hydrogen) atoms. The summed E-state index contributed by atoms with van der Waals surface area (Å²) in [5.74, 6) is -1.89. The minimum atomic E-state index is -1.24. The first-order valence-electron chi connectivity index (χ1n) is 3.65. The van der Waals surface area contributed by atoms with Gasteiger partial charge in [0.25, 0.3) is 0 Å². The first kappa shape index (κ1) is 10.2. The van der Waals surface area contributed by atoms with E-state index in [2.05, 4.69) is 15.9 Å². The van der Waals surface area contributed by atoms with Gasteiger partial charge in [-0.3, -0.25) is 0 Å². The molecule has 0 aliphatic carbocycles. The molecule has 0 unspecified atom stereocenters. The van der Waals surface area contributed by atoms with Crippen molar-refractivity contribution >= 4 is 21.9 Å². The lowest BCUT2D eigenvalue weighted by Gasteiger charge is -2.05. The molecule has 2 nitrogen and oxygen atoms in total. The molecule has 0 aliphatic heterocycles. The molecule has 1 aromatic rings. The van der Waals surface area contributed by atoms with Crippen LogP contribution in [0.25, 0.3) is 0 Å². The van der Waals surface area contributed by atoms with Gasteiger partial charge in [-0.25, -0.2) is 9.18 Å². The summed E-state index contributed by atoms with van der Waals surface area (Å²) in [7, 11) is 0. The molecule has 4 heteroatoms. The van der Waals surface area contributed by atoms with Gasteiger partial charge in [-0.2, -0.15) is 0 Å². The number of aryl methyl sites for hydroxylation is 1. The van der Waals surface area contributed by atoms with E-state index >= 15 is 0 Å². The van der Waals surface area contributed by atoms with Gasteiger partial charge in [-0.1, -0.05) is 22.0 Å². The van der Waals surface area contributed by atoms with Crippen molar-refractivity contribution in [3.05, 3.63) is 34.6 Å². The minimum absolute atomic E-state index is 0.278. The van der Waals surface area contributed by atoms with Crippen LogP contribution < -0.4 is 0 Å². The van der Waals surface area contributed by atoms with Crippen molar-refractivity contribution in [3.63, 3.8) is 0 Å². The number of rotatable bonds is 2. The number of carboxylic acids is 1. The molecule has 0 bridgehead atoms. The van der Waals surface area contributed by atoms with Crippen LogP contribution in [0, 0.1) is 12.7 Å². The van der Waals surface area contributed by atoms with Gasteiger partial charge in [0.15, 0.2) is 0 Å². The minimum Gasteiger partial charge on any atom is -0.478 e. The van der Waals surface area contributed by atoms with Gasteiger partial charge in [0.2, 0.25) is 0 Å². The molecular formula is C9H8BrFO2. The number of carboxylic acid groups (broad SMARTS) is 1. The first-order chi connectivity index (χ1) is 6.07. The average Bonchev–Trinajstić information content (AvgIpc) is 2.04. The monoisotopic (exact) mass is 246 g/mol. The van der Waals surface area contributed by atoms with Crippen LogP contribution >= 0.6 is 15.9 Å². The lowest BCUT2D eigenvalue weighted by molar-refractivity contribution is 0.0691. The fourth-order valence-electron chi connectivity index (χ4n) is 1.05. The molecule has 70 valence electrons. The quantitative estimate of drug-likeness (QED) is 0.816. The fraction of sp³-hybridized carbons (Fsp3) is 0.222. The largest absolute Gasteiger partial charge is 0.478 e. The zero-order valence-corrected chi connectivity index (χ0v) is 8.56. The Bertz CT molecular complexity index is 350. The Morgan fingerprint density at radius 1 is 1.62 bits per heavy atom. The predicted octanol–water partition coefficient (Wildman–Crippen LogP) is 2.73. The highest BCUT2D eigenvalue weighted by atomic mass is 79.9. The Hall–Kier alpha value is -0.900. The molecule has 0 aliphatic rings. The molecule has 0 saturated carbocycles. The van der Waals surface area contributed by atoms with Crippen LogP contribution in [-0.4, -0.2) is 11.1 Å². The molecule has 0 aromatic heterocycles. The zero-order valence-electron chi connectivity index (χ0n) is 6.97. The molecule has 0 radical (unpaired) electrons. The van der Waals surface area contributed by atoms with E-state index in [0.717, 1.165) is 5.56 Å². The van der Waals surface area contributed by atoms with Crippen molar-refractivity contribution in [3.8, 4) is 0 Å². The third-order valence-electron chi connectivity index (χ3n) is 1.84. The lowest BCUT2D eigenvalue weighted by atomic mass is 10.1. The van der Waals surface area contributed by atoms with Crippen LogP contribution in [0.4, 0.5) is 4.39 Å². The lowest BCUT2D eigenvalue weighted by Crippen LogP contribution is -2.04. The van der Waals surface area contributed by atoms with Crippen LogP contribution in [0.2, 0.25) is 0 Å². The smallest absolute Gasteiger partial charge is 0.338 e. The highest BCUT2D eigenvalue weighted by Crippen LogP contribution is 2.19. The van der Waals surface area contributed by atoms with Crippen LogP contribution in [0.5, 0.6) is 0 Å². The topological polar surface area (TPSA) is 37.3 Å². The number of halogens is 2. The van der Waals surface area contributed by atoms with Crippen LogP contribution in [0.1, 0.15) is 21.5 Å². The normalized spacial score (nSPS) is 10.1. The molecule has 1 N–H and O–H groups in total. The van der Waals surface area contributed by atoms with Gasteiger partial charge in [0, 0.05) is 10.9 Å². The fourth-order valence-corrected chi connectivity index (χ4v) is 1.74. The number of alkyl halides is 1. The van der Waals surface area contributed by atoms with Crippen molar-refractivity contribution in [1.82, 2.24) is 0 Å². The summed E-state index contributed by atoms with van der Waals surface area (Å²) in [5, 5.41) is 8.95. The number of hydrogen-bond acceptors (Lipinski definition) is 1. The summed E-state index contributed by atoms with van der Waals surface area (Å²) in [6.07, 6.45) is 0. The van der Waals surface area contributed by atoms with Gasteiger partial charge in [-0.15, -0.1) is 0 Å². The predicted molar refractivity (Wildman–Crippen MR) is 50.7 cm³/mol. The number of carbonyl (C=O) groups is 1. The van der Waals surface area contributed by atoms with E-state index in [1.807, 2.05) is 0 Å².